The lowest BCUT2D eigenvalue weighted by Crippen LogP contribution is -2.41. The van der Waals surface area contributed by atoms with Crippen molar-refractivity contribution < 1.29 is 14.3 Å². The third-order valence-corrected chi connectivity index (χ3v) is 7.41. The number of carbonyl (C=O) groups excluding carboxylic acids is 1. The molecule has 2 atom stereocenters. The van der Waals surface area contributed by atoms with Gasteiger partial charge in [0.05, 0.1) is 25.7 Å². The van der Waals surface area contributed by atoms with E-state index in [4.69, 9.17) is 21.1 Å². The maximum Gasteiger partial charge on any atom is 0.232 e. The molecule has 202 valence electrons. The maximum atomic E-state index is 13.8. The van der Waals surface area contributed by atoms with Gasteiger partial charge in [-0.05, 0) is 91.4 Å². The minimum absolute atomic E-state index is 0.0407. The molecule has 0 saturated carbocycles. The Balaban J connectivity index is 1.82. The molecule has 0 radical (unpaired) electrons. The van der Waals surface area contributed by atoms with Crippen LogP contribution < -0.4 is 19.3 Å². The normalized spacial score (nSPS) is 15.7. The minimum atomic E-state index is -0.318. The molecule has 6 heteroatoms. The van der Waals surface area contributed by atoms with Gasteiger partial charge in [-0.2, -0.15) is 0 Å². The zero-order chi connectivity index (χ0) is 27.2. The SMILES string of the molecule is CCCN(CCC)c1ccc(N2C(=O)Cc3cc(OC)c(OC(C)CC)cc3C2c2ccc(Cl)cc2)cc1. The van der Waals surface area contributed by atoms with Crippen LogP contribution in [0.25, 0.3) is 0 Å². The summed E-state index contributed by atoms with van der Waals surface area (Å²) in [5.41, 5.74) is 5.03. The largest absolute Gasteiger partial charge is 0.493 e. The first-order valence-corrected chi connectivity index (χ1v) is 14.1. The summed E-state index contributed by atoms with van der Waals surface area (Å²) in [6, 6.07) is 19.9. The second-order valence-electron chi connectivity index (χ2n) is 9.94. The van der Waals surface area contributed by atoms with E-state index in [1.807, 2.05) is 42.2 Å². The van der Waals surface area contributed by atoms with E-state index in [1.165, 1.54) is 5.69 Å². The summed E-state index contributed by atoms with van der Waals surface area (Å²) in [4.78, 5) is 18.1. The van der Waals surface area contributed by atoms with Crippen molar-refractivity contribution in [2.24, 2.45) is 0 Å². The molecule has 0 aromatic heterocycles. The van der Waals surface area contributed by atoms with E-state index < -0.39 is 0 Å². The first-order chi connectivity index (χ1) is 18.4. The van der Waals surface area contributed by atoms with E-state index in [-0.39, 0.29) is 18.1 Å². The monoisotopic (exact) mass is 534 g/mol. The van der Waals surface area contributed by atoms with Gasteiger partial charge in [-0.15, -0.1) is 0 Å². The quantitative estimate of drug-likeness (QED) is 0.251. The maximum absolute atomic E-state index is 13.8. The van der Waals surface area contributed by atoms with Crippen LogP contribution in [0.4, 0.5) is 11.4 Å². The molecule has 1 aliphatic heterocycles. The highest BCUT2D eigenvalue weighted by molar-refractivity contribution is 6.30. The van der Waals surface area contributed by atoms with Crippen LogP contribution in [0.1, 0.15) is 69.7 Å². The molecule has 3 aromatic carbocycles. The highest BCUT2D eigenvalue weighted by Crippen LogP contribution is 2.44. The Bertz CT molecular complexity index is 1220. The molecule has 3 aromatic rings. The number of hydrogen-bond donors (Lipinski definition) is 0. The molecule has 4 rings (SSSR count). The molecule has 1 aliphatic rings. The molecule has 2 unspecified atom stereocenters. The lowest BCUT2D eigenvalue weighted by Gasteiger charge is -2.38. The van der Waals surface area contributed by atoms with Crippen LogP contribution >= 0.6 is 11.6 Å². The van der Waals surface area contributed by atoms with Gasteiger partial charge < -0.3 is 19.3 Å². The van der Waals surface area contributed by atoms with Crippen molar-refractivity contribution in [2.45, 2.75) is 65.5 Å². The van der Waals surface area contributed by atoms with Crippen molar-refractivity contribution in [1.29, 1.82) is 0 Å². The Labute approximate surface area is 232 Å². The zero-order valence-electron chi connectivity index (χ0n) is 23.2. The number of hydrogen-bond acceptors (Lipinski definition) is 4. The van der Waals surface area contributed by atoms with Crippen LogP contribution in [0.15, 0.2) is 60.7 Å². The third-order valence-electron chi connectivity index (χ3n) is 7.16. The van der Waals surface area contributed by atoms with Crippen molar-refractivity contribution >= 4 is 28.9 Å². The van der Waals surface area contributed by atoms with Gasteiger partial charge in [-0.1, -0.05) is 44.5 Å². The smallest absolute Gasteiger partial charge is 0.232 e. The third kappa shape index (κ3) is 5.94. The number of anilines is 2. The van der Waals surface area contributed by atoms with E-state index in [9.17, 15) is 4.79 Å². The van der Waals surface area contributed by atoms with E-state index in [0.717, 1.165) is 54.7 Å². The van der Waals surface area contributed by atoms with E-state index >= 15 is 0 Å². The van der Waals surface area contributed by atoms with Gasteiger partial charge in [0.15, 0.2) is 11.5 Å². The van der Waals surface area contributed by atoms with E-state index in [0.29, 0.717) is 22.9 Å². The number of rotatable bonds is 11. The van der Waals surface area contributed by atoms with Crippen molar-refractivity contribution in [2.75, 3.05) is 30.0 Å². The van der Waals surface area contributed by atoms with Gasteiger partial charge in [0, 0.05) is 29.5 Å². The van der Waals surface area contributed by atoms with Crippen LogP contribution in [-0.4, -0.2) is 32.2 Å². The fourth-order valence-electron chi connectivity index (χ4n) is 5.11. The van der Waals surface area contributed by atoms with E-state index in [2.05, 4.69) is 56.0 Å². The number of fused-ring (bicyclic) bond motifs is 1. The predicted molar refractivity (Wildman–Crippen MR) is 157 cm³/mol. The molecular weight excluding hydrogens is 496 g/mol. The van der Waals surface area contributed by atoms with Gasteiger partial charge in [0.2, 0.25) is 5.91 Å². The first kappa shape index (κ1) is 27.8. The lowest BCUT2D eigenvalue weighted by atomic mass is 9.86. The molecule has 0 saturated heterocycles. The number of benzene rings is 3. The molecule has 5 nitrogen and oxygen atoms in total. The lowest BCUT2D eigenvalue weighted by molar-refractivity contribution is -0.118. The summed E-state index contributed by atoms with van der Waals surface area (Å²) < 4.78 is 11.9. The molecule has 0 N–H and O–H groups in total. The molecule has 0 bridgehead atoms. The summed E-state index contributed by atoms with van der Waals surface area (Å²) >= 11 is 6.25. The highest BCUT2D eigenvalue weighted by atomic mass is 35.5. The second-order valence-corrected chi connectivity index (χ2v) is 10.4. The Morgan fingerprint density at radius 2 is 1.63 bits per heavy atom. The summed E-state index contributed by atoms with van der Waals surface area (Å²) in [5, 5.41) is 0.662. The van der Waals surface area contributed by atoms with Crippen molar-refractivity contribution in [3.8, 4) is 11.5 Å². The predicted octanol–water partition coefficient (Wildman–Crippen LogP) is 7.83. The molecule has 38 heavy (non-hydrogen) atoms. The fraction of sp³-hybridized carbons (Fsp3) is 0.406. The number of carbonyl (C=O) groups is 1. The fourth-order valence-corrected chi connectivity index (χ4v) is 5.23. The van der Waals surface area contributed by atoms with Crippen LogP contribution in [0, 0.1) is 0 Å². The zero-order valence-corrected chi connectivity index (χ0v) is 23.9. The molecule has 0 fully saturated rings. The van der Waals surface area contributed by atoms with Crippen molar-refractivity contribution in [3.05, 3.63) is 82.4 Å². The standard InChI is InChI=1S/C32H39ClN2O3/c1-6-17-34(18-7-2)26-13-15-27(16-14-26)35-31(36)20-24-19-29(37-5)30(38-22(4)8-3)21-28(24)32(35)23-9-11-25(33)12-10-23/h9-16,19,21-22,32H,6-8,17-18,20H2,1-5H3. The highest BCUT2D eigenvalue weighted by Gasteiger charge is 2.36. The second kappa shape index (κ2) is 12.6. The van der Waals surface area contributed by atoms with Crippen LogP contribution in [0.3, 0.4) is 0 Å². The molecular formula is C32H39ClN2O3. The molecule has 0 spiro atoms. The van der Waals surface area contributed by atoms with Gasteiger partial charge in [-0.25, -0.2) is 0 Å². The summed E-state index contributed by atoms with van der Waals surface area (Å²) in [6.45, 7) is 10.6. The van der Waals surface area contributed by atoms with Gasteiger partial charge in [0.1, 0.15) is 0 Å². The van der Waals surface area contributed by atoms with Crippen LogP contribution in [0.5, 0.6) is 11.5 Å². The summed E-state index contributed by atoms with van der Waals surface area (Å²) in [6.07, 6.45) is 3.39. The Kier molecular flexibility index (Phi) is 9.22. The average Bonchev–Trinajstić information content (AvgIpc) is 2.92. The summed E-state index contributed by atoms with van der Waals surface area (Å²) in [7, 11) is 1.64. The Morgan fingerprint density at radius 1 is 0.974 bits per heavy atom. The van der Waals surface area contributed by atoms with E-state index in [1.54, 1.807) is 7.11 Å². The van der Waals surface area contributed by atoms with Crippen molar-refractivity contribution in [3.63, 3.8) is 0 Å². The Morgan fingerprint density at radius 3 is 2.21 bits per heavy atom. The summed E-state index contributed by atoms with van der Waals surface area (Å²) in [5.74, 6) is 1.39. The molecule has 0 aliphatic carbocycles. The van der Waals surface area contributed by atoms with Gasteiger partial charge in [-0.3, -0.25) is 4.79 Å². The number of amides is 1. The molecule has 1 amide bonds. The average molecular weight is 535 g/mol. The van der Waals surface area contributed by atoms with Gasteiger partial charge >= 0.3 is 0 Å². The number of halogens is 1. The minimum Gasteiger partial charge on any atom is -0.493 e. The number of methoxy groups -OCH3 is 1. The van der Waals surface area contributed by atoms with Crippen molar-refractivity contribution in [1.82, 2.24) is 0 Å². The first-order valence-electron chi connectivity index (χ1n) is 13.7. The topological polar surface area (TPSA) is 42.0 Å². The Hall–Kier alpha value is -3.18. The van der Waals surface area contributed by atoms with Crippen LogP contribution in [0.2, 0.25) is 5.02 Å². The molecule has 1 heterocycles. The number of nitrogens with zero attached hydrogens (tertiary/aromatic N) is 2. The van der Waals surface area contributed by atoms with Crippen LogP contribution in [-0.2, 0) is 11.2 Å². The number of ether oxygens (including phenoxy) is 2. The van der Waals surface area contributed by atoms with Gasteiger partial charge in [0.25, 0.3) is 0 Å².